The molecule has 0 aromatic carbocycles. The van der Waals surface area contributed by atoms with Crippen molar-refractivity contribution < 1.29 is 4.92 Å². The van der Waals surface area contributed by atoms with Gasteiger partial charge in [0.1, 0.15) is 9.52 Å². The fraction of sp³-hybridized carbons (Fsp3) is 1.00. The van der Waals surface area contributed by atoms with Crippen LogP contribution in [0.4, 0.5) is 0 Å². The van der Waals surface area contributed by atoms with Crippen LogP contribution in [0, 0.1) is 10.1 Å². The lowest BCUT2D eigenvalue weighted by atomic mass is 11.5. The van der Waals surface area contributed by atoms with Gasteiger partial charge >= 0.3 is 0 Å². The molecule has 0 aromatic heterocycles. The monoisotopic (exact) mass is 105 g/mol. The average molecular weight is 105 g/mol. The highest BCUT2D eigenvalue weighted by Gasteiger charge is 1.86. The lowest BCUT2D eigenvalue weighted by Crippen LogP contribution is -2.04. The quantitative estimate of drug-likeness (QED) is 0.268. The van der Waals surface area contributed by atoms with Crippen LogP contribution >= 0.6 is 0 Å². The maximum absolute atomic E-state index is 9.44. The van der Waals surface area contributed by atoms with Crippen molar-refractivity contribution in [2.24, 2.45) is 0 Å². The molecule has 0 atom stereocenters. The van der Waals surface area contributed by atoms with Crippen LogP contribution in [-0.4, -0.2) is 20.6 Å². The van der Waals surface area contributed by atoms with E-state index in [0.717, 1.165) is 0 Å². The zero-order valence-corrected chi connectivity index (χ0v) is 5.09. The molecule has 0 aliphatic rings. The Kier molecular flexibility index (Phi) is 2.65. The zero-order chi connectivity index (χ0) is 4.99. The lowest BCUT2D eigenvalue weighted by Gasteiger charge is -1.79. The highest BCUT2D eigenvalue weighted by atomic mass is 28.2. The Morgan fingerprint density at radius 3 is 2.50 bits per heavy atom. The molecule has 0 fully saturated rings. The van der Waals surface area contributed by atoms with Gasteiger partial charge in [-0.3, -0.25) is 10.1 Å². The zero-order valence-electron chi connectivity index (χ0n) is 3.68. The third kappa shape index (κ3) is 3.62. The van der Waals surface area contributed by atoms with Crippen LogP contribution in [0.15, 0.2) is 0 Å². The van der Waals surface area contributed by atoms with Gasteiger partial charge in [0, 0.05) is 4.92 Å². The molecular weight excluding hydrogens is 98.1 g/mol. The SMILES string of the molecule is C[SiH2]C[N+](=O)[O-]. The smallest absolute Gasteiger partial charge is 0.178 e. The Labute approximate surface area is 38.3 Å². The van der Waals surface area contributed by atoms with Gasteiger partial charge in [-0.05, 0) is 0 Å². The summed E-state index contributed by atoms with van der Waals surface area (Å²) in [6, 6.07) is 0. The predicted octanol–water partition coefficient (Wildman–Crippen LogP) is -0.563. The second-order valence-electron chi connectivity index (χ2n) is 1.06. The van der Waals surface area contributed by atoms with Crippen molar-refractivity contribution in [3.05, 3.63) is 10.1 Å². The molecule has 0 N–H and O–H groups in total. The summed E-state index contributed by atoms with van der Waals surface area (Å²) in [7, 11) is -0.333. The maximum Gasteiger partial charge on any atom is 0.178 e. The summed E-state index contributed by atoms with van der Waals surface area (Å²) in [4.78, 5) is 9.18. The third-order valence-corrected chi connectivity index (χ3v) is 1.22. The van der Waals surface area contributed by atoms with Gasteiger partial charge in [0.25, 0.3) is 0 Å². The molecule has 0 saturated carbocycles. The average Bonchev–Trinajstić information content (AvgIpc) is 1.35. The van der Waals surface area contributed by atoms with Crippen molar-refractivity contribution in [3.8, 4) is 0 Å². The summed E-state index contributed by atoms with van der Waals surface area (Å²) in [6.45, 7) is 1.92. The maximum atomic E-state index is 9.44. The molecule has 0 radical (unpaired) electrons. The minimum Gasteiger partial charge on any atom is -0.265 e. The highest BCUT2D eigenvalue weighted by molar-refractivity contribution is 6.32. The van der Waals surface area contributed by atoms with E-state index in [1.54, 1.807) is 0 Å². The van der Waals surface area contributed by atoms with E-state index in [9.17, 15) is 10.1 Å². The molecule has 0 unspecified atom stereocenters. The van der Waals surface area contributed by atoms with Crippen molar-refractivity contribution >= 4 is 9.52 Å². The van der Waals surface area contributed by atoms with Crippen LogP contribution in [0.25, 0.3) is 0 Å². The largest absolute Gasteiger partial charge is 0.265 e. The minimum atomic E-state index is -0.333. The summed E-state index contributed by atoms with van der Waals surface area (Å²) < 4.78 is 0. The first-order chi connectivity index (χ1) is 2.77. The van der Waals surface area contributed by atoms with E-state index < -0.39 is 0 Å². The van der Waals surface area contributed by atoms with Gasteiger partial charge in [-0.2, -0.15) is 0 Å². The second kappa shape index (κ2) is 2.83. The van der Waals surface area contributed by atoms with Crippen molar-refractivity contribution in [2.75, 3.05) is 6.17 Å². The van der Waals surface area contributed by atoms with Crippen LogP contribution in [0.1, 0.15) is 0 Å². The summed E-state index contributed by atoms with van der Waals surface area (Å²) in [5, 5.41) is 9.44. The highest BCUT2D eigenvalue weighted by Crippen LogP contribution is 1.61. The van der Waals surface area contributed by atoms with Crippen LogP contribution < -0.4 is 0 Å². The first kappa shape index (κ1) is 5.62. The summed E-state index contributed by atoms with van der Waals surface area (Å²) >= 11 is 0. The first-order valence-corrected chi connectivity index (χ1v) is 4.30. The second-order valence-corrected chi connectivity index (χ2v) is 2.50. The number of nitro groups is 1. The fourth-order valence-electron chi connectivity index (χ4n) is 0.183. The molecule has 0 saturated heterocycles. The van der Waals surface area contributed by atoms with Crippen molar-refractivity contribution in [2.45, 2.75) is 6.55 Å². The molecule has 36 valence electrons. The molecule has 0 aliphatic carbocycles. The van der Waals surface area contributed by atoms with Crippen molar-refractivity contribution in [3.63, 3.8) is 0 Å². The van der Waals surface area contributed by atoms with Gasteiger partial charge in [0.2, 0.25) is 0 Å². The molecular formula is C2H7NO2Si. The summed E-state index contributed by atoms with van der Waals surface area (Å²) in [6.07, 6.45) is 0.236. The minimum absolute atomic E-state index is 0.236. The number of hydrogen-bond acceptors (Lipinski definition) is 2. The molecule has 6 heavy (non-hydrogen) atoms. The van der Waals surface area contributed by atoms with E-state index >= 15 is 0 Å². The molecule has 0 bridgehead atoms. The number of rotatable bonds is 2. The Hall–Kier alpha value is -0.383. The summed E-state index contributed by atoms with van der Waals surface area (Å²) in [5.74, 6) is 0. The van der Waals surface area contributed by atoms with Gasteiger partial charge in [-0.15, -0.1) is 0 Å². The Morgan fingerprint density at radius 2 is 2.50 bits per heavy atom. The van der Waals surface area contributed by atoms with Gasteiger partial charge in [-0.25, -0.2) is 0 Å². The van der Waals surface area contributed by atoms with E-state index in [4.69, 9.17) is 0 Å². The molecule has 0 aromatic rings. The standard InChI is InChI=1S/C2H7NO2Si/c1-6-2-3(4)5/h2,6H2,1H3. The van der Waals surface area contributed by atoms with Crippen molar-refractivity contribution in [1.29, 1.82) is 0 Å². The predicted molar refractivity (Wildman–Crippen MR) is 26.3 cm³/mol. The van der Waals surface area contributed by atoms with E-state index in [2.05, 4.69) is 0 Å². The van der Waals surface area contributed by atoms with Crippen LogP contribution in [0.5, 0.6) is 0 Å². The van der Waals surface area contributed by atoms with Gasteiger partial charge in [0.15, 0.2) is 6.17 Å². The first-order valence-electron chi connectivity index (χ1n) is 1.89. The van der Waals surface area contributed by atoms with E-state index in [-0.39, 0.29) is 20.6 Å². The Morgan fingerprint density at radius 1 is 2.00 bits per heavy atom. The summed E-state index contributed by atoms with van der Waals surface area (Å²) in [5.41, 5.74) is 0. The van der Waals surface area contributed by atoms with Crippen LogP contribution in [0.3, 0.4) is 0 Å². The van der Waals surface area contributed by atoms with E-state index in [1.165, 1.54) is 0 Å². The Balaban J connectivity index is 2.83. The molecule has 4 heteroatoms. The molecule has 0 spiro atoms. The van der Waals surface area contributed by atoms with Gasteiger partial charge < -0.3 is 0 Å². The van der Waals surface area contributed by atoms with Gasteiger partial charge in [0.05, 0.1) is 0 Å². The van der Waals surface area contributed by atoms with E-state index in [0.29, 0.717) is 0 Å². The molecule has 0 rings (SSSR count). The normalized spacial score (nSPS) is 10.2. The lowest BCUT2D eigenvalue weighted by molar-refractivity contribution is -0.460. The number of nitrogens with zero attached hydrogens (tertiary/aromatic N) is 1. The van der Waals surface area contributed by atoms with Gasteiger partial charge in [-0.1, -0.05) is 6.55 Å². The van der Waals surface area contributed by atoms with Crippen molar-refractivity contribution in [1.82, 2.24) is 0 Å². The third-order valence-electron chi connectivity index (χ3n) is 0.406. The fourth-order valence-corrected chi connectivity index (χ4v) is 0.548. The van der Waals surface area contributed by atoms with Crippen LogP contribution in [0.2, 0.25) is 6.55 Å². The Bertz CT molecular complexity index is 55.5. The molecule has 3 nitrogen and oxygen atoms in total. The molecule has 0 aliphatic heterocycles. The topological polar surface area (TPSA) is 43.1 Å². The number of hydrogen-bond donors (Lipinski definition) is 0. The molecule has 0 amide bonds. The molecule has 0 heterocycles. The van der Waals surface area contributed by atoms with E-state index in [1.807, 2.05) is 6.55 Å². The van der Waals surface area contributed by atoms with Crippen LogP contribution in [-0.2, 0) is 0 Å².